The van der Waals surface area contributed by atoms with Crippen LogP contribution in [-0.2, 0) is 16.1 Å². The molecule has 2 aromatic rings. The quantitative estimate of drug-likeness (QED) is 0.244. The molecule has 132 valence electrons. The minimum Gasteiger partial charge on any atom is -0.494 e. The van der Waals surface area contributed by atoms with Crippen LogP contribution < -0.4 is 10.5 Å². The lowest BCUT2D eigenvalue weighted by atomic mass is 10.1. The minimum absolute atomic E-state index is 0.151. The molecule has 0 amide bonds. The Labute approximate surface area is 156 Å². The molecule has 0 radical (unpaired) electrons. The van der Waals surface area contributed by atoms with E-state index in [0.29, 0.717) is 23.1 Å². The van der Waals surface area contributed by atoms with Crippen molar-refractivity contribution in [1.82, 2.24) is 0 Å². The Bertz CT molecular complexity index is 736. The summed E-state index contributed by atoms with van der Waals surface area (Å²) in [5.41, 5.74) is 6.50. The van der Waals surface area contributed by atoms with Crippen LogP contribution in [0.1, 0.15) is 18.4 Å². The van der Waals surface area contributed by atoms with Gasteiger partial charge in [-0.1, -0.05) is 52.6 Å². The van der Waals surface area contributed by atoms with Gasteiger partial charge in [0.05, 0.1) is 13.0 Å². The van der Waals surface area contributed by atoms with Crippen molar-refractivity contribution in [3.8, 4) is 5.75 Å². The molecule has 0 unspecified atom stereocenters. The molecule has 5 nitrogen and oxygen atoms in total. The summed E-state index contributed by atoms with van der Waals surface area (Å²) in [7, 11) is 0. The predicted molar refractivity (Wildman–Crippen MR) is 99.1 cm³/mol. The molecule has 0 spiro atoms. The largest absolute Gasteiger partial charge is 0.494 e. The third kappa shape index (κ3) is 7.03. The molecule has 0 bridgehead atoms. The molecule has 2 aromatic carbocycles. The van der Waals surface area contributed by atoms with E-state index in [0.717, 1.165) is 11.3 Å². The zero-order valence-electron chi connectivity index (χ0n) is 13.5. The van der Waals surface area contributed by atoms with Crippen LogP contribution in [0.4, 0.5) is 0 Å². The number of halogens is 2. The Balaban J connectivity index is 1.70. The van der Waals surface area contributed by atoms with Crippen LogP contribution in [0.25, 0.3) is 0 Å². The zero-order chi connectivity index (χ0) is 18.1. The van der Waals surface area contributed by atoms with E-state index in [-0.39, 0.29) is 18.7 Å². The van der Waals surface area contributed by atoms with E-state index in [9.17, 15) is 4.79 Å². The van der Waals surface area contributed by atoms with Crippen molar-refractivity contribution in [3.05, 3.63) is 64.1 Å². The highest BCUT2D eigenvalue weighted by molar-refractivity contribution is 6.35. The third-order valence-corrected chi connectivity index (χ3v) is 3.78. The number of rotatable bonds is 8. The summed E-state index contributed by atoms with van der Waals surface area (Å²) in [5.74, 6) is 0.442. The van der Waals surface area contributed by atoms with E-state index in [2.05, 4.69) is 5.16 Å². The number of oxime groups is 1. The highest BCUT2D eigenvalue weighted by Gasteiger charge is 2.07. The maximum absolute atomic E-state index is 11.6. The summed E-state index contributed by atoms with van der Waals surface area (Å²) in [6, 6.07) is 14.4. The van der Waals surface area contributed by atoms with Gasteiger partial charge in [0.15, 0.2) is 0 Å². The molecule has 0 atom stereocenters. The molecular weight excluding hydrogens is 363 g/mol. The fourth-order valence-corrected chi connectivity index (χ4v) is 2.45. The number of para-hydroxylation sites is 1. The van der Waals surface area contributed by atoms with Gasteiger partial charge in [-0.3, -0.25) is 0 Å². The highest BCUT2D eigenvalue weighted by Crippen LogP contribution is 2.21. The van der Waals surface area contributed by atoms with Gasteiger partial charge in [-0.05, 0) is 36.2 Å². The Hall–Kier alpha value is -2.24. The molecule has 0 aromatic heterocycles. The second-order valence-electron chi connectivity index (χ2n) is 5.22. The summed E-state index contributed by atoms with van der Waals surface area (Å²) in [6.45, 7) is 0.415. The number of ether oxygens (including phenoxy) is 1. The fraction of sp³-hybridized carbons (Fsp3) is 0.222. The maximum atomic E-state index is 11.6. The molecule has 0 saturated heterocycles. The van der Waals surface area contributed by atoms with E-state index in [4.69, 9.17) is 38.5 Å². The van der Waals surface area contributed by atoms with Gasteiger partial charge in [0.2, 0.25) is 0 Å². The maximum Gasteiger partial charge on any atom is 0.335 e. The number of hydrogen-bond donors (Lipinski definition) is 1. The first-order chi connectivity index (χ1) is 12.0. The van der Waals surface area contributed by atoms with Crippen LogP contribution in [0, 0.1) is 0 Å². The van der Waals surface area contributed by atoms with Crippen LogP contribution in [0.3, 0.4) is 0 Å². The second kappa shape index (κ2) is 9.91. The van der Waals surface area contributed by atoms with Gasteiger partial charge in [0.1, 0.15) is 11.6 Å². The van der Waals surface area contributed by atoms with Gasteiger partial charge in [0.25, 0.3) is 0 Å². The first-order valence-electron chi connectivity index (χ1n) is 7.68. The third-order valence-electron chi connectivity index (χ3n) is 3.19. The normalized spacial score (nSPS) is 11.2. The number of amidine groups is 1. The van der Waals surface area contributed by atoms with Crippen molar-refractivity contribution >= 4 is 35.0 Å². The van der Waals surface area contributed by atoms with Crippen LogP contribution in [0.5, 0.6) is 5.75 Å². The first kappa shape index (κ1) is 19.1. The van der Waals surface area contributed by atoms with Crippen molar-refractivity contribution < 1.29 is 14.4 Å². The Morgan fingerprint density at radius 3 is 2.60 bits per heavy atom. The van der Waals surface area contributed by atoms with Crippen molar-refractivity contribution in [3.63, 3.8) is 0 Å². The van der Waals surface area contributed by atoms with Gasteiger partial charge in [-0.25, -0.2) is 4.79 Å². The number of hydrogen-bond acceptors (Lipinski definition) is 4. The average Bonchev–Trinajstić information content (AvgIpc) is 2.60. The molecule has 0 fully saturated rings. The molecular formula is C18H18Cl2N2O3. The van der Waals surface area contributed by atoms with E-state index < -0.39 is 5.97 Å². The van der Waals surface area contributed by atoms with Gasteiger partial charge >= 0.3 is 5.97 Å². The SMILES string of the molecule is NC(Cc1ccc(Cl)cc1Cl)=NOC(=O)CCCOc1ccccc1. The summed E-state index contributed by atoms with van der Waals surface area (Å²) < 4.78 is 5.49. The van der Waals surface area contributed by atoms with Crippen molar-refractivity contribution in [2.75, 3.05) is 6.61 Å². The molecule has 0 aliphatic heterocycles. The number of nitrogens with zero attached hydrogens (tertiary/aromatic N) is 1. The van der Waals surface area contributed by atoms with Crippen molar-refractivity contribution in [2.45, 2.75) is 19.3 Å². The zero-order valence-corrected chi connectivity index (χ0v) is 15.0. The molecule has 0 saturated carbocycles. The van der Waals surface area contributed by atoms with Gasteiger partial charge in [-0.15, -0.1) is 0 Å². The van der Waals surface area contributed by atoms with Crippen LogP contribution >= 0.6 is 23.2 Å². The number of nitrogens with two attached hydrogens (primary N) is 1. The standard InChI is InChI=1S/C18H18Cl2N2O3/c19-14-9-8-13(16(20)12-14)11-17(21)22-25-18(23)7-4-10-24-15-5-2-1-3-6-15/h1-3,5-6,8-9,12H,4,7,10-11H2,(H2,21,22). The summed E-state index contributed by atoms with van der Waals surface area (Å²) >= 11 is 11.9. The molecule has 2 rings (SSSR count). The van der Waals surface area contributed by atoms with E-state index >= 15 is 0 Å². The average molecular weight is 381 g/mol. The fourth-order valence-electron chi connectivity index (χ4n) is 1.97. The molecule has 0 aliphatic rings. The molecule has 7 heteroatoms. The lowest BCUT2D eigenvalue weighted by Gasteiger charge is -2.05. The summed E-state index contributed by atoms with van der Waals surface area (Å²) in [4.78, 5) is 16.4. The Morgan fingerprint density at radius 1 is 1.12 bits per heavy atom. The Kier molecular flexibility index (Phi) is 7.57. The van der Waals surface area contributed by atoms with Crippen molar-refractivity contribution in [1.29, 1.82) is 0 Å². The summed E-state index contributed by atoms with van der Waals surface area (Å²) in [6.07, 6.45) is 0.970. The van der Waals surface area contributed by atoms with Gasteiger partial charge in [-0.2, -0.15) is 0 Å². The topological polar surface area (TPSA) is 73.9 Å². The first-order valence-corrected chi connectivity index (χ1v) is 8.44. The summed E-state index contributed by atoms with van der Waals surface area (Å²) in [5, 5.41) is 4.65. The number of benzene rings is 2. The molecule has 0 heterocycles. The highest BCUT2D eigenvalue weighted by atomic mass is 35.5. The molecule has 2 N–H and O–H groups in total. The van der Waals surface area contributed by atoms with E-state index in [1.165, 1.54) is 0 Å². The lowest BCUT2D eigenvalue weighted by molar-refractivity contribution is -0.143. The van der Waals surface area contributed by atoms with Crippen LogP contribution in [0.15, 0.2) is 53.7 Å². The Morgan fingerprint density at radius 2 is 1.88 bits per heavy atom. The van der Waals surface area contributed by atoms with Crippen LogP contribution in [-0.4, -0.2) is 18.4 Å². The van der Waals surface area contributed by atoms with E-state index in [1.807, 2.05) is 30.3 Å². The molecule has 25 heavy (non-hydrogen) atoms. The number of carbonyl (C=O) groups is 1. The van der Waals surface area contributed by atoms with Gasteiger partial charge in [0, 0.05) is 16.5 Å². The van der Waals surface area contributed by atoms with Gasteiger partial charge < -0.3 is 15.3 Å². The minimum atomic E-state index is -0.471. The second-order valence-corrected chi connectivity index (χ2v) is 6.07. The predicted octanol–water partition coefficient (Wildman–Crippen LogP) is 4.21. The monoisotopic (exact) mass is 380 g/mol. The van der Waals surface area contributed by atoms with Crippen LogP contribution in [0.2, 0.25) is 10.0 Å². The van der Waals surface area contributed by atoms with E-state index in [1.54, 1.807) is 18.2 Å². The molecule has 0 aliphatic carbocycles. The van der Waals surface area contributed by atoms with Crippen molar-refractivity contribution in [2.24, 2.45) is 10.9 Å². The number of carbonyl (C=O) groups excluding carboxylic acids is 1. The smallest absolute Gasteiger partial charge is 0.335 e. The lowest BCUT2D eigenvalue weighted by Crippen LogP contribution is -2.17.